The Balaban J connectivity index is 1.99. The van der Waals surface area contributed by atoms with E-state index in [1.54, 1.807) is 38.1 Å². The second kappa shape index (κ2) is 5.04. The topological polar surface area (TPSA) is 42.2 Å². The zero-order valence-electron chi connectivity index (χ0n) is 10.3. The molecular formula is C14H14FNO2. The van der Waals surface area contributed by atoms with Crippen molar-refractivity contribution in [1.82, 2.24) is 5.32 Å². The van der Waals surface area contributed by atoms with Crippen molar-refractivity contribution in [2.45, 2.75) is 20.4 Å². The molecule has 1 amide bonds. The lowest BCUT2D eigenvalue weighted by molar-refractivity contribution is 0.0922. The highest BCUT2D eigenvalue weighted by Crippen LogP contribution is 2.10. The Hall–Kier alpha value is -2.10. The van der Waals surface area contributed by atoms with E-state index in [9.17, 15) is 9.18 Å². The first kappa shape index (κ1) is 12.4. The molecule has 1 N–H and O–H groups in total. The number of nitrogens with one attached hydrogen (secondary N) is 1. The molecule has 0 spiro atoms. The fraction of sp³-hybridized carbons (Fsp3) is 0.214. The fourth-order valence-electron chi connectivity index (χ4n) is 1.64. The summed E-state index contributed by atoms with van der Waals surface area (Å²) in [5.74, 6) is 0.459. The smallest absolute Gasteiger partial charge is 0.287 e. The Morgan fingerprint density at radius 3 is 2.67 bits per heavy atom. The lowest BCUT2D eigenvalue weighted by Gasteiger charge is -2.05. The maximum absolute atomic E-state index is 13.1. The molecule has 0 fully saturated rings. The number of hydrogen-bond donors (Lipinski definition) is 1. The second-order valence-corrected chi connectivity index (χ2v) is 4.18. The van der Waals surface area contributed by atoms with Crippen molar-refractivity contribution in [1.29, 1.82) is 0 Å². The predicted molar refractivity (Wildman–Crippen MR) is 65.8 cm³/mol. The van der Waals surface area contributed by atoms with Gasteiger partial charge in [-0.05, 0) is 43.2 Å². The van der Waals surface area contributed by atoms with Gasteiger partial charge in [0.25, 0.3) is 5.91 Å². The molecule has 4 heteroatoms. The highest BCUT2D eigenvalue weighted by atomic mass is 19.1. The molecule has 2 rings (SSSR count). The minimum Gasteiger partial charge on any atom is -0.456 e. The van der Waals surface area contributed by atoms with Gasteiger partial charge in [0.15, 0.2) is 5.76 Å². The molecule has 1 aromatic carbocycles. The van der Waals surface area contributed by atoms with Gasteiger partial charge < -0.3 is 9.73 Å². The van der Waals surface area contributed by atoms with E-state index in [-0.39, 0.29) is 17.5 Å². The molecule has 18 heavy (non-hydrogen) atoms. The highest BCUT2D eigenvalue weighted by Gasteiger charge is 2.09. The van der Waals surface area contributed by atoms with Crippen LogP contribution in [0.5, 0.6) is 0 Å². The Kier molecular flexibility index (Phi) is 3.46. The number of aryl methyl sites for hydroxylation is 2. The van der Waals surface area contributed by atoms with Crippen LogP contribution >= 0.6 is 0 Å². The third-order valence-corrected chi connectivity index (χ3v) is 2.64. The molecule has 0 saturated carbocycles. The summed E-state index contributed by atoms with van der Waals surface area (Å²) in [4.78, 5) is 11.7. The van der Waals surface area contributed by atoms with Gasteiger partial charge in [0.05, 0.1) is 0 Å². The Bertz CT molecular complexity index is 575. The SMILES string of the molecule is Cc1ccc(C(=O)NCc2ccc(F)c(C)c2)o1. The van der Waals surface area contributed by atoms with Crippen molar-refractivity contribution in [3.8, 4) is 0 Å². The minimum atomic E-state index is -0.273. The lowest BCUT2D eigenvalue weighted by atomic mass is 10.1. The van der Waals surface area contributed by atoms with Crippen LogP contribution in [0.25, 0.3) is 0 Å². The molecule has 0 saturated heterocycles. The van der Waals surface area contributed by atoms with Crippen molar-refractivity contribution in [2.75, 3.05) is 0 Å². The summed E-state index contributed by atoms with van der Waals surface area (Å²) in [5, 5.41) is 2.72. The number of amides is 1. The molecule has 3 nitrogen and oxygen atoms in total. The van der Waals surface area contributed by atoms with E-state index in [1.165, 1.54) is 6.07 Å². The molecule has 0 bridgehead atoms. The van der Waals surface area contributed by atoms with Crippen LogP contribution in [-0.4, -0.2) is 5.91 Å². The van der Waals surface area contributed by atoms with Crippen molar-refractivity contribution >= 4 is 5.91 Å². The molecule has 1 heterocycles. The quantitative estimate of drug-likeness (QED) is 0.906. The van der Waals surface area contributed by atoms with Gasteiger partial charge in [0.2, 0.25) is 0 Å². The van der Waals surface area contributed by atoms with Gasteiger partial charge in [-0.25, -0.2) is 4.39 Å². The highest BCUT2D eigenvalue weighted by molar-refractivity contribution is 5.91. The van der Waals surface area contributed by atoms with Crippen LogP contribution in [0.15, 0.2) is 34.7 Å². The van der Waals surface area contributed by atoms with Crippen LogP contribution in [0.2, 0.25) is 0 Å². The third kappa shape index (κ3) is 2.77. The zero-order valence-corrected chi connectivity index (χ0v) is 10.3. The average Bonchev–Trinajstić information content (AvgIpc) is 2.77. The molecule has 1 aromatic heterocycles. The molecule has 0 unspecified atom stereocenters. The maximum Gasteiger partial charge on any atom is 0.287 e. The number of carbonyl (C=O) groups excluding carboxylic acids is 1. The zero-order chi connectivity index (χ0) is 13.1. The van der Waals surface area contributed by atoms with Crippen LogP contribution in [0.1, 0.15) is 27.4 Å². The molecular weight excluding hydrogens is 233 g/mol. The predicted octanol–water partition coefficient (Wildman–Crippen LogP) is 2.97. The molecule has 2 aromatic rings. The Labute approximate surface area is 105 Å². The van der Waals surface area contributed by atoms with Gasteiger partial charge in [-0.2, -0.15) is 0 Å². The lowest BCUT2D eigenvalue weighted by Crippen LogP contribution is -2.22. The van der Waals surface area contributed by atoms with Crippen molar-refractivity contribution in [2.24, 2.45) is 0 Å². The summed E-state index contributed by atoms with van der Waals surface area (Å²) >= 11 is 0. The van der Waals surface area contributed by atoms with Gasteiger partial charge in [-0.3, -0.25) is 4.79 Å². The van der Waals surface area contributed by atoms with E-state index in [2.05, 4.69) is 5.32 Å². The molecule has 94 valence electrons. The first-order valence-corrected chi connectivity index (χ1v) is 5.66. The molecule has 0 atom stereocenters. The average molecular weight is 247 g/mol. The largest absolute Gasteiger partial charge is 0.456 e. The minimum absolute atomic E-state index is 0.244. The van der Waals surface area contributed by atoms with E-state index in [0.29, 0.717) is 17.9 Å². The van der Waals surface area contributed by atoms with Gasteiger partial charge in [-0.1, -0.05) is 12.1 Å². The number of rotatable bonds is 3. The monoisotopic (exact) mass is 247 g/mol. The summed E-state index contributed by atoms with van der Waals surface area (Å²) in [5.41, 5.74) is 1.42. The molecule has 0 aliphatic rings. The van der Waals surface area contributed by atoms with E-state index < -0.39 is 0 Å². The third-order valence-electron chi connectivity index (χ3n) is 2.64. The summed E-state index contributed by atoms with van der Waals surface area (Å²) in [6.45, 7) is 3.82. The summed E-state index contributed by atoms with van der Waals surface area (Å²) < 4.78 is 18.3. The standard InChI is InChI=1S/C14H14FNO2/c1-9-7-11(4-5-12(9)15)8-16-14(17)13-6-3-10(2)18-13/h3-7H,8H2,1-2H3,(H,16,17). The van der Waals surface area contributed by atoms with Gasteiger partial charge in [-0.15, -0.1) is 0 Å². The van der Waals surface area contributed by atoms with Gasteiger partial charge >= 0.3 is 0 Å². The molecule has 0 aliphatic carbocycles. The van der Waals surface area contributed by atoms with E-state index in [4.69, 9.17) is 4.42 Å². The van der Waals surface area contributed by atoms with Crippen LogP contribution in [-0.2, 0) is 6.54 Å². The molecule has 0 radical (unpaired) electrons. The first-order valence-electron chi connectivity index (χ1n) is 5.66. The first-order chi connectivity index (χ1) is 8.56. The van der Waals surface area contributed by atoms with Crippen LogP contribution in [0.4, 0.5) is 4.39 Å². The fourth-order valence-corrected chi connectivity index (χ4v) is 1.64. The number of furan rings is 1. The van der Waals surface area contributed by atoms with Crippen LogP contribution in [0.3, 0.4) is 0 Å². The van der Waals surface area contributed by atoms with Crippen molar-refractivity contribution in [3.63, 3.8) is 0 Å². The Morgan fingerprint density at radius 2 is 2.06 bits per heavy atom. The van der Waals surface area contributed by atoms with Crippen molar-refractivity contribution in [3.05, 3.63) is 58.8 Å². The second-order valence-electron chi connectivity index (χ2n) is 4.18. The summed E-state index contributed by atoms with van der Waals surface area (Å²) in [6, 6.07) is 8.12. The van der Waals surface area contributed by atoms with Crippen LogP contribution < -0.4 is 5.32 Å². The number of hydrogen-bond acceptors (Lipinski definition) is 2. The number of carbonyl (C=O) groups is 1. The van der Waals surface area contributed by atoms with Gasteiger partial charge in [0.1, 0.15) is 11.6 Å². The maximum atomic E-state index is 13.1. The summed E-state index contributed by atoms with van der Waals surface area (Å²) in [7, 11) is 0. The van der Waals surface area contributed by atoms with Crippen molar-refractivity contribution < 1.29 is 13.6 Å². The summed E-state index contributed by atoms with van der Waals surface area (Å²) in [6.07, 6.45) is 0. The molecule has 0 aliphatic heterocycles. The number of benzene rings is 1. The van der Waals surface area contributed by atoms with Gasteiger partial charge in [0, 0.05) is 6.54 Å². The normalized spacial score (nSPS) is 10.4. The Morgan fingerprint density at radius 1 is 1.28 bits per heavy atom. The van der Waals surface area contributed by atoms with Crippen LogP contribution in [0, 0.1) is 19.7 Å². The van der Waals surface area contributed by atoms with E-state index >= 15 is 0 Å². The number of halogens is 1. The van der Waals surface area contributed by atoms with E-state index in [0.717, 1.165) is 5.56 Å². The van der Waals surface area contributed by atoms with E-state index in [1.807, 2.05) is 0 Å².